The van der Waals surface area contributed by atoms with Gasteiger partial charge >= 0.3 is 7.12 Å². The minimum atomic E-state index is -0.982. The standard InChI is InChI=1S/C19H21BO5/c1-19(2)16-6-3-12(7-17(16)20(24)25-19)8-18(23)13-4-5-14(10-21)15(9-13)11-22/h3-7,9,21-22,24H,8,10-11H2,1-2H3. The molecule has 2 aromatic rings. The topological polar surface area (TPSA) is 87.0 Å². The van der Waals surface area contributed by atoms with Crippen LogP contribution in [0.2, 0.25) is 0 Å². The number of carbonyl (C=O) groups excluding carboxylic acids is 1. The summed E-state index contributed by atoms with van der Waals surface area (Å²) in [7, 11) is -0.982. The smallest absolute Gasteiger partial charge is 0.423 e. The number of aliphatic hydroxyl groups is 2. The van der Waals surface area contributed by atoms with E-state index < -0.39 is 12.7 Å². The van der Waals surface area contributed by atoms with Gasteiger partial charge in [0.25, 0.3) is 0 Å². The Morgan fingerprint density at radius 3 is 2.48 bits per heavy atom. The van der Waals surface area contributed by atoms with E-state index in [0.717, 1.165) is 11.1 Å². The summed E-state index contributed by atoms with van der Waals surface area (Å²) in [4.78, 5) is 12.6. The molecule has 6 heteroatoms. The van der Waals surface area contributed by atoms with Gasteiger partial charge in [0.1, 0.15) is 0 Å². The van der Waals surface area contributed by atoms with Crippen molar-refractivity contribution in [1.82, 2.24) is 0 Å². The number of hydrogen-bond acceptors (Lipinski definition) is 5. The molecule has 2 aromatic carbocycles. The van der Waals surface area contributed by atoms with E-state index in [-0.39, 0.29) is 25.4 Å². The molecule has 0 atom stereocenters. The van der Waals surface area contributed by atoms with Crippen molar-refractivity contribution in [3.63, 3.8) is 0 Å². The lowest BCUT2D eigenvalue weighted by Gasteiger charge is -2.19. The number of rotatable bonds is 5. The predicted molar refractivity (Wildman–Crippen MR) is 94.5 cm³/mol. The third-order valence-electron chi connectivity index (χ3n) is 4.67. The molecule has 1 aliphatic heterocycles. The number of ketones is 1. The lowest BCUT2D eigenvalue weighted by Crippen LogP contribution is -2.29. The van der Waals surface area contributed by atoms with Gasteiger partial charge in [-0.05, 0) is 47.6 Å². The van der Waals surface area contributed by atoms with Crippen molar-refractivity contribution < 1.29 is 24.7 Å². The monoisotopic (exact) mass is 340 g/mol. The van der Waals surface area contributed by atoms with Gasteiger partial charge in [0, 0.05) is 12.0 Å². The van der Waals surface area contributed by atoms with Gasteiger partial charge < -0.3 is 19.9 Å². The van der Waals surface area contributed by atoms with Gasteiger partial charge in [-0.3, -0.25) is 4.79 Å². The average Bonchev–Trinajstić information content (AvgIpc) is 2.82. The van der Waals surface area contributed by atoms with E-state index in [1.807, 2.05) is 32.0 Å². The van der Waals surface area contributed by atoms with Crippen LogP contribution in [0.1, 0.15) is 46.5 Å². The van der Waals surface area contributed by atoms with Crippen molar-refractivity contribution in [1.29, 1.82) is 0 Å². The molecule has 0 bridgehead atoms. The Hall–Kier alpha value is -1.99. The fourth-order valence-corrected chi connectivity index (χ4v) is 3.27. The summed E-state index contributed by atoms with van der Waals surface area (Å²) in [5, 5.41) is 28.7. The van der Waals surface area contributed by atoms with E-state index in [9.17, 15) is 20.0 Å². The first-order valence-corrected chi connectivity index (χ1v) is 8.21. The van der Waals surface area contributed by atoms with Crippen molar-refractivity contribution in [2.24, 2.45) is 0 Å². The van der Waals surface area contributed by atoms with E-state index in [2.05, 4.69) is 0 Å². The van der Waals surface area contributed by atoms with Crippen LogP contribution >= 0.6 is 0 Å². The highest BCUT2D eigenvalue weighted by molar-refractivity contribution is 6.62. The third-order valence-corrected chi connectivity index (χ3v) is 4.67. The zero-order valence-corrected chi connectivity index (χ0v) is 14.3. The first-order valence-electron chi connectivity index (χ1n) is 8.21. The summed E-state index contributed by atoms with van der Waals surface area (Å²) in [5.74, 6) is -0.0909. The predicted octanol–water partition coefficient (Wildman–Crippen LogP) is 1.05. The summed E-state index contributed by atoms with van der Waals surface area (Å²) < 4.78 is 5.54. The Morgan fingerprint density at radius 1 is 1.08 bits per heavy atom. The van der Waals surface area contributed by atoms with Crippen LogP contribution in [0, 0.1) is 0 Å². The molecule has 0 fully saturated rings. The van der Waals surface area contributed by atoms with Crippen molar-refractivity contribution in [2.45, 2.75) is 39.1 Å². The number of hydrogen-bond donors (Lipinski definition) is 3. The molecule has 5 nitrogen and oxygen atoms in total. The summed E-state index contributed by atoms with van der Waals surface area (Å²) in [5.41, 5.74) is 3.51. The van der Waals surface area contributed by atoms with Gasteiger partial charge in [0.15, 0.2) is 5.78 Å². The molecule has 0 spiro atoms. The summed E-state index contributed by atoms with van der Waals surface area (Å²) in [6, 6.07) is 10.5. The molecule has 3 N–H and O–H groups in total. The number of carbonyl (C=O) groups is 1. The minimum absolute atomic E-state index is 0.0909. The second-order valence-electron chi connectivity index (χ2n) is 6.80. The first-order chi connectivity index (χ1) is 11.9. The molecule has 0 saturated heterocycles. The number of benzene rings is 2. The van der Waals surface area contributed by atoms with Crippen molar-refractivity contribution in [3.8, 4) is 0 Å². The van der Waals surface area contributed by atoms with Crippen LogP contribution in [0.15, 0.2) is 36.4 Å². The fourth-order valence-electron chi connectivity index (χ4n) is 3.27. The van der Waals surface area contributed by atoms with E-state index >= 15 is 0 Å². The highest BCUT2D eigenvalue weighted by Crippen LogP contribution is 2.30. The number of Topliss-reactive ketones (excluding diaryl/α,β-unsaturated/α-hetero) is 1. The fraction of sp³-hybridized carbons (Fsp3) is 0.316. The second-order valence-corrected chi connectivity index (χ2v) is 6.80. The Morgan fingerprint density at radius 2 is 1.80 bits per heavy atom. The zero-order chi connectivity index (χ0) is 18.2. The molecule has 3 rings (SSSR count). The Kier molecular flexibility index (Phi) is 4.80. The van der Waals surface area contributed by atoms with Gasteiger partial charge in [-0.1, -0.05) is 30.3 Å². The minimum Gasteiger partial charge on any atom is -0.423 e. The summed E-state index contributed by atoms with van der Waals surface area (Å²) in [6.07, 6.45) is 0.184. The molecule has 0 aromatic heterocycles. The summed E-state index contributed by atoms with van der Waals surface area (Å²) >= 11 is 0. The Balaban J connectivity index is 1.84. The SMILES string of the molecule is CC1(C)OB(O)c2cc(CC(=O)c3ccc(CO)c(CO)c3)ccc21. The van der Waals surface area contributed by atoms with Crippen molar-refractivity contribution in [2.75, 3.05) is 0 Å². The molecule has 1 heterocycles. The maximum absolute atomic E-state index is 12.6. The molecular weight excluding hydrogens is 319 g/mol. The first kappa shape index (κ1) is 17.8. The highest BCUT2D eigenvalue weighted by Gasteiger charge is 2.40. The average molecular weight is 340 g/mol. The molecule has 0 saturated carbocycles. The maximum Gasteiger partial charge on any atom is 0.492 e. The van der Waals surface area contributed by atoms with Crippen LogP contribution in [-0.2, 0) is 29.9 Å². The molecule has 0 unspecified atom stereocenters. The molecule has 0 amide bonds. The van der Waals surface area contributed by atoms with E-state index in [4.69, 9.17) is 4.65 Å². The van der Waals surface area contributed by atoms with Gasteiger partial charge in [-0.15, -0.1) is 0 Å². The van der Waals surface area contributed by atoms with Gasteiger partial charge in [-0.25, -0.2) is 0 Å². The van der Waals surface area contributed by atoms with E-state index in [0.29, 0.717) is 22.2 Å². The van der Waals surface area contributed by atoms with Gasteiger partial charge in [0.2, 0.25) is 0 Å². The quantitative estimate of drug-likeness (QED) is 0.559. The van der Waals surface area contributed by atoms with Crippen LogP contribution in [0.25, 0.3) is 0 Å². The largest absolute Gasteiger partial charge is 0.492 e. The van der Waals surface area contributed by atoms with E-state index in [1.165, 1.54) is 0 Å². The second kappa shape index (κ2) is 6.73. The normalized spacial score (nSPS) is 15.3. The lowest BCUT2D eigenvalue weighted by atomic mass is 9.77. The highest BCUT2D eigenvalue weighted by atomic mass is 16.5. The lowest BCUT2D eigenvalue weighted by molar-refractivity contribution is 0.0991. The van der Waals surface area contributed by atoms with Crippen LogP contribution in [0.4, 0.5) is 0 Å². The molecule has 1 aliphatic rings. The zero-order valence-electron chi connectivity index (χ0n) is 14.3. The van der Waals surface area contributed by atoms with Crippen LogP contribution in [-0.4, -0.2) is 28.1 Å². The van der Waals surface area contributed by atoms with Crippen LogP contribution in [0.3, 0.4) is 0 Å². The van der Waals surface area contributed by atoms with E-state index in [1.54, 1.807) is 18.2 Å². The molecule has 25 heavy (non-hydrogen) atoms. The summed E-state index contributed by atoms with van der Waals surface area (Å²) in [6.45, 7) is 3.38. The van der Waals surface area contributed by atoms with Crippen molar-refractivity contribution in [3.05, 3.63) is 64.2 Å². The van der Waals surface area contributed by atoms with Gasteiger partial charge in [-0.2, -0.15) is 0 Å². The molecule has 0 radical (unpaired) electrons. The molecule has 0 aliphatic carbocycles. The maximum atomic E-state index is 12.6. The van der Waals surface area contributed by atoms with Crippen LogP contribution < -0.4 is 5.46 Å². The number of fused-ring (bicyclic) bond motifs is 1. The van der Waals surface area contributed by atoms with Crippen LogP contribution in [0.5, 0.6) is 0 Å². The van der Waals surface area contributed by atoms with Crippen molar-refractivity contribution >= 4 is 18.4 Å². The Labute approximate surface area is 147 Å². The molecule has 130 valence electrons. The Bertz CT molecular complexity index is 815. The third kappa shape index (κ3) is 3.39. The molecular formula is C19H21BO5. The van der Waals surface area contributed by atoms with Gasteiger partial charge in [0.05, 0.1) is 18.8 Å². The number of aliphatic hydroxyl groups excluding tert-OH is 2.